The number of aliphatic hydroxyl groups is 1. The molecule has 2 heterocycles. The van der Waals surface area contributed by atoms with E-state index in [1.165, 1.54) is 54.9 Å². The molecular weight excluding hydrogens is 501 g/mol. The standard InChI is InChI=1S/C35H48FNO3/c1-4-39-32-21-26(20-31(27-10-11-27)34(32)29-12-13-33(36)37-22-29)19-25-7-5-9-30(24(2)40-18-6-8-25)28-14-16-35(3,23-38)17-15-28/h12-13,20-22,25,27-28,38H,4-11,14-19,23H2,1-3H3. The van der Waals surface area contributed by atoms with E-state index in [-0.39, 0.29) is 5.41 Å². The van der Waals surface area contributed by atoms with Gasteiger partial charge in [0.1, 0.15) is 5.75 Å². The lowest BCUT2D eigenvalue weighted by Crippen LogP contribution is -2.29. The molecule has 4 nitrogen and oxygen atoms in total. The van der Waals surface area contributed by atoms with E-state index in [1.807, 2.05) is 13.0 Å². The van der Waals surface area contributed by atoms with Gasteiger partial charge >= 0.3 is 0 Å². The summed E-state index contributed by atoms with van der Waals surface area (Å²) in [4.78, 5) is 3.94. The molecule has 2 fully saturated rings. The van der Waals surface area contributed by atoms with Gasteiger partial charge in [-0.05, 0) is 149 Å². The quantitative estimate of drug-likeness (QED) is 0.334. The summed E-state index contributed by atoms with van der Waals surface area (Å²) in [6, 6.07) is 7.92. The lowest BCUT2D eigenvalue weighted by Gasteiger charge is -2.37. The molecule has 2 aromatic rings. The summed E-state index contributed by atoms with van der Waals surface area (Å²) in [5.74, 6) is 3.39. The minimum atomic E-state index is -0.452. The second kappa shape index (κ2) is 13.1. The summed E-state index contributed by atoms with van der Waals surface area (Å²) >= 11 is 0. The molecule has 2 aliphatic carbocycles. The third kappa shape index (κ3) is 7.08. The zero-order valence-electron chi connectivity index (χ0n) is 24.8. The van der Waals surface area contributed by atoms with Gasteiger partial charge in [0.2, 0.25) is 5.95 Å². The van der Waals surface area contributed by atoms with Gasteiger partial charge in [-0.1, -0.05) is 13.0 Å². The van der Waals surface area contributed by atoms with E-state index in [9.17, 15) is 9.50 Å². The predicted octanol–water partition coefficient (Wildman–Crippen LogP) is 8.77. The lowest BCUT2D eigenvalue weighted by atomic mass is 9.69. The van der Waals surface area contributed by atoms with Gasteiger partial charge in [0.15, 0.2) is 0 Å². The number of benzene rings is 1. The topological polar surface area (TPSA) is 51.6 Å². The monoisotopic (exact) mass is 549 g/mol. The highest BCUT2D eigenvalue weighted by atomic mass is 19.1. The van der Waals surface area contributed by atoms with E-state index in [0.29, 0.717) is 31.0 Å². The number of pyridine rings is 1. The van der Waals surface area contributed by atoms with Crippen LogP contribution in [0.2, 0.25) is 0 Å². The van der Waals surface area contributed by atoms with E-state index in [1.54, 1.807) is 6.20 Å². The number of aromatic nitrogens is 1. The Labute approximate surface area is 240 Å². The fraction of sp³-hybridized carbons (Fsp3) is 0.629. The molecule has 0 bridgehead atoms. The normalized spacial score (nSPS) is 26.3. The molecule has 1 aliphatic heterocycles. The first-order valence-corrected chi connectivity index (χ1v) is 15.7. The van der Waals surface area contributed by atoms with E-state index >= 15 is 0 Å². The Morgan fingerprint density at radius 1 is 1.05 bits per heavy atom. The number of hydrogen-bond donors (Lipinski definition) is 1. The van der Waals surface area contributed by atoms with E-state index in [2.05, 4.69) is 31.0 Å². The maximum atomic E-state index is 13.6. The number of hydrogen-bond acceptors (Lipinski definition) is 4. The van der Waals surface area contributed by atoms with Crippen molar-refractivity contribution in [3.8, 4) is 16.9 Å². The molecular formula is C35H48FNO3. The fourth-order valence-corrected chi connectivity index (χ4v) is 7.07. The van der Waals surface area contributed by atoms with E-state index < -0.39 is 5.95 Å². The number of ether oxygens (including phenoxy) is 2. The van der Waals surface area contributed by atoms with Crippen molar-refractivity contribution in [2.75, 3.05) is 19.8 Å². The van der Waals surface area contributed by atoms with Gasteiger partial charge in [-0.15, -0.1) is 0 Å². The number of halogens is 1. The van der Waals surface area contributed by atoms with Crippen molar-refractivity contribution in [2.45, 2.75) is 104 Å². The van der Waals surface area contributed by atoms with Gasteiger partial charge in [-0.25, -0.2) is 4.98 Å². The second-order valence-electron chi connectivity index (χ2n) is 12.9. The molecule has 1 aromatic carbocycles. The van der Waals surface area contributed by atoms with Crippen molar-refractivity contribution in [3.05, 3.63) is 58.9 Å². The van der Waals surface area contributed by atoms with Gasteiger partial charge < -0.3 is 14.6 Å². The Hall–Kier alpha value is -2.40. The van der Waals surface area contributed by atoms with Gasteiger partial charge in [0.05, 0.1) is 19.0 Å². The van der Waals surface area contributed by atoms with Crippen molar-refractivity contribution in [2.24, 2.45) is 17.3 Å². The van der Waals surface area contributed by atoms with Crippen LogP contribution in [0.15, 0.2) is 41.8 Å². The molecule has 2 saturated carbocycles. The van der Waals surface area contributed by atoms with Crippen LogP contribution in [-0.4, -0.2) is 29.9 Å². The minimum absolute atomic E-state index is 0.0926. The molecule has 0 radical (unpaired) electrons. The molecule has 0 saturated heterocycles. The van der Waals surface area contributed by atoms with Crippen LogP contribution in [0, 0.1) is 23.2 Å². The van der Waals surface area contributed by atoms with Gasteiger partial charge in [0.25, 0.3) is 0 Å². The zero-order chi connectivity index (χ0) is 28.1. The molecule has 40 heavy (non-hydrogen) atoms. The Morgan fingerprint density at radius 2 is 1.82 bits per heavy atom. The van der Waals surface area contributed by atoms with Gasteiger partial charge in [-0.2, -0.15) is 4.39 Å². The maximum absolute atomic E-state index is 13.6. The molecule has 3 aliphatic rings. The average molecular weight is 550 g/mol. The fourth-order valence-electron chi connectivity index (χ4n) is 7.07. The van der Waals surface area contributed by atoms with Crippen LogP contribution in [-0.2, 0) is 11.2 Å². The third-order valence-corrected chi connectivity index (χ3v) is 9.70. The highest BCUT2D eigenvalue weighted by Gasteiger charge is 2.33. The Kier molecular flexibility index (Phi) is 9.50. The highest BCUT2D eigenvalue weighted by molar-refractivity contribution is 5.75. The molecule has 5 heteroatoms. The molecule has 0 spiro atoms. The van der Waals surface area contributed by atoms with Crippen LogP contribution >= 0.6 is 0 Å². The molecule has 1 unspecified atom stereocenters. The van der Waals surface area contributed by atoms with Crippen LogP contribution < -0.4 is 4.74 Å². The van der Waals surface area contributed by atoms with Gasteiger partial charge in [-0.3, -0.25) is 0 Å². The third-order valence-electron chi connectivity index (χ3n) is 9.70. The van der Waals surface area contributed by atoms with E-state index in [4.69, 9.17) is 9.47 Å². The summed E-state index contributed by atoms with van der Waals surface area (Å²) in [6.45, 7) is 8.13. The van der Waals surface area contributed by atoms with Crippen LogP contribution in [0.4, 0.5) is 4.39 Å². The van der Waals surface area contributed by atoms with Crippen molar-refractivity contribution >= 4 is 0 Å². The smallest absolute Gasteiger partial charge is 0.212 e. The largest absolute Gasteiger partial charge is 0.498 e. The van der Waals surface area contributed by atoms with Crippen LogP contribution in [0.5, 0.6) is 5.75 Å². The van der Waals surface area contributed by atoms with Crippen LogP contribution in [0.3, 0.4) is 0 Å². The van der Waals surface area contributed by atoms with Crippen molar-refractivity contribution in [1.82, 2.24) is 4.98 Å². The highest BCUT2D eigenvalue weighted by Crippen LogP contribution is 2.48. The summed E-state index contributed by atoms with van der Waals surface area (Å²) in [5, 5.41) is 9.82. The first kappa shape index (κ1) is 29.1. The van der Waals surface area contributed by atoms with Crippen LogP contribution in [0.25, 0.3) is 11.1 Å². The van der Waals surface area contributed by atoms with Crippen molar-refractivity contribution in [1.29, 1.82) is 0 Å². The predicted molar refractivity (Wildman–Crippen MR) is 159 cm³/mol. The summed E-state index contributed by atoms with van der Waals surface area (Å²) in [6.07, 6.45) is 15.4. The number of rotatable bonds is 8. The van der Waals surface area contributed by atoms with Crippen LogP contribution in [0.1, 0.15) is 108 Å². The molecule has 0 amide bonds. The summed E-state index contributed by atoms with van der Waals surface area (Å²) in [5.41, 5.74) is 6.35. The molecule has 5 rings (SSSR count). The number of allylic oxidation sites excluding steroid dienone is 2. The Balaban J connectivity index is 1.31. The summed E-state index contributed by atoms with van der Waals surface area (Å²) in [7, 11) is 0. The van der Waals surface area contributed by atoms with Crippen molar-refractivity contribution < 1.29 is 19.0 Å². The molecule has 1 atom stereocenters. The molecule has 218 valence electrons. The lowest BCUT2D eigenvalue weighted by molar-refractivity contribution is 0.0846. The Morgan fingerprint density at radius 3 is 2.50 bits per heavy atom. The first-order chi connectivity index (χ1) is 19.4. The molecule has 1 N–H and O–H groups in total. The van der Waals surface area contributed by atoms with Crippen molar-refractivity contribution in [3.63, 3.8) is 0 Å². The van der Waals surface area contributed by atoms with Gasteiger partial charge in [0, 0.05) is 23.9 Å². The summed E-state index contributed by atoms with van der Waals surface area (Å²) < 4.78 is 26.1. The first-order valence-electron chi connectivity index (χ1n) is 15.7. The number of aliphatic hydroxyl groups excluding tert-OH is 1. The maximum Gasteiger partial charge on any atom is 0.212 e. The van der Waals surface area contributed by atoms with E-state index in [0.717, 1.165) is 74.2 Å². The SMILES string of the molecule is CCOc1cc(CC2CCCOC(C)=C(C3CCC(C)(CO)CC3)CCC2)cc(C2CC2)c1-c1ccc(F)nc1. The molecule has 1 aromatic heterocycles. The number of nitrogens with zero attached hydrogens (tertiary/aromatic N) is 1. The Bertz CT molecular complexity index is 1160. The minimum Gasteiger partial charge on any atom is -0.498 e. The average Bonchev–Trinajstić information content (AvgIpc) is 3.80. The zero-order valence-corrected chi connectivity index (χ0v) is 24.8. The second-order valence-corrected chi connectivity index (χ2v) is 12.9.